The summed E-state index contributed by atoms with van der Waals surface area (Å²) in [6.45, 7) is 1.54. The maximum Gasteiger partial charge on any atom is 0.363 e. The number of aryl methyl sites for hydroxylation is 1. The van der Waals surface area contributed by atoms with Crippen molar-refractivity contribution in [3.8, 4) is 11.1 Å². The molecule has 0 radical (unpaired) electrons. The van der Waals surface area contributed by atoms with Crippen LogP contribution < -0.4 is 21.9 Å². The summed E-state index contributed by atoms with van der Waals surface area (Å²) in [4.78, 5) is 39.6. The van der Waals surface area contributed by atoms with Crippen LogP contribution in [-0.2, 0) is 6.54 Å². The van der Waals surface area contributed by atoms with Crippen molar-refractivity contribution in [2.24, 2.45) is 0 Å². The SMILES string of the molecule is Cc1ccc(CNC(=O)c2c(Nc3ccc(-c4ccccc4)cc3)[nH]c(=O)n(O)c2=O)c(F)c1. The van der Waals surface area contributed by atoms with Gasteiger partial charge in [0.1, 0.15) is 17.2 Å². The van der Waals surface area contributed by atoms with E-state index in [4.69, 9.17) is 0 Å². The minimum Gasteiger partial charge on any atom is -0.421 e. The Morgan fingerprint density at radius 3 is 2.35 bits per heavy atom. The van der Waals surface area contributed by atoms with Gasteiger partial charge in [-0.05, 0) is 41.8 Å². The van der Waals surface area contributed by atoms with E-state index in [0.717, 1.165) is 16.7 Å². The highest BCUT2D eigenvalue weighted by atomic mass is 19.1. The molecule has 4 N–H and O–H groups in total. The number of benzene rings is 3. The fourth-order valence-corrected chi connectivity index (χ4v) is 3.41. The molecular weight excluding hydrogens is 439 g/mol. The number of aromatic amines is 1. The number of nitrogens with zero attached hydrogens (tertiary/aromatic N) is 1. The number of hydrogen-bond acceptors (Lipinski definition) is 5. The van der Waals surface area contributed by atoms with Gasteiger partial charge in [0, 0.05) is 17.8 Å². The van der Waals surface area contributed by atoms with Gasteiger partial charge in [0.25, 0.3) is 5.91 Å². The number of nitrogens with one attached hydrogen (secondary N) is 3. The summed E-state index contributed by atoms with van der Waals surface area (Å²) in [7, 11) is 0. The highest BCUT2D eigenvalue weighted by Crippen LogP contribution is 2.23. The van der Waals surface area contributed by atoms with E-state index < -0.39 is 28.5 Å². The van der Waals surface area contributed by atoms with E-state index in [1.807, 2.05) is 42.5 Å². The molecule has 172 valence electrons. The monoisotopic (exact) mass is 460 g/mol. The van der Waals surface area contributed by atoms with Crippen molar-refractivity contribution in [1.29, 1.82) is 0 Å². The molecule has 1 heterocycles. The third-order valence-electron chi connectivity index (χ3n) is 5.22. The van der Waals surface area contributed by atoms with Gasteiger partial charge in [0.2, 0.25) is 0 Å². The van der Waals surface area contributed by atoms with Crippen LogP contribution in [0.5, 0.6) is 0 Å². The van der Waals surface area contributed by atoms with E-state index in [9.17, 15) is 24.0 Å². The molecule has 34 heavy (non-hydrogen) atoms. The van der Waals surface area contributed by atoms with Crippen molar-refractivity contribution >= 4 is 17.4 Å². The lowest BCUT2D eigenvalue weighted by Crippen LogP contribution is -2.40. The van der Waals surface area contributed by atoms with Gasteiger partial charge < -0.3 is 15.8 Å². The predicted molar refractivity (Wildman–Crippen MR) is 126 cm³/mol. The van der Waals surface area contributed by atoms with Crippen LogP contribution in [0, 0.1) is 12.7 Å². The molecule has 0 aliphatic rings. The summed E-state index contributed by atoms with van der Waals surface area (Å²) in [5, 5.41) is 15.0. The molecule has 0 unspecified atom stereocenters. The number of amides is 1. The number of rotatable bonds is 6. The molecular formula is C25H21FN4O4. The number of hydrogen-bond donors (Lipinski definition) is 4. The van der Waals surface area contributed by atoms with Gasteiger partial charge in [-0.1, -0.05) is 59.3 Å². The van der Waals surface area contributed by atoms with Crippen molar-refractivity contribution in [3.05, 3.63) is 116 Å². The largest absolute Gasteiger partial charge is 0.421 e. The average molecular weight is 460 g/mol. The Balaban J connectivity index is 1.61. The second-order valence-electron chi connectivity index (χ2n) is 7.64. The zero-order valence-electron chi connectivity index (χ0n) is 18.1. The van der Waals surface area contributed by atoms with Gasteiger partial charge in [0.05, 0.1) is 0 Å². The zero-order chi connectivity index (χ0) is 24.2. The number of carbonyl (C=O) groups is 1. The van der Waals surface area contributed by atoms with Crippen LogP contribution in [0.25, 0.3) is 11.1 Å². The number of halogens is 1. The summed E-state index contributed by atoms with van der Waals surface area (Å²) in [5.41, 5.74) is 0.534. The average Bonchev–Trinajstić information content (AvgIpc) is 2.83. The number of H-pyrrole nitrogens is 1. The summed E-state index contributed by atoms with van der Waals surface area (Å²) >= 11 is 0. The zero-order valence-corrected chi connectivity index (χ0v) is 18.1. The summed E-state index contributed by atoms with van der Waals surface area (Å²) in [6, 6.07) is 21.3. The fraction of sp³-hybridized carbons (Fsp3) is 0.0800. The lowest BCUT2D eigenvalue weighted by atomic mass is 10.1. The van der Waals surface area contributed by atoms with Crippen molar-refractivity contribution in [3.63, 3.8) is 0 Å². The van der Waals surface area contributed by atoms with Crippen LogP contribution in [0.2, 0.25) is 0 Å². The third-order valence-corrected chi connectivity index (χ3v) is 5.22. The number of anilines is 2. The van der Waals surface area contributed by atoms with E-state index in [-0.39, 0.29) is 22.7 Å². The minimum atomic E-state index is -1.21. The second kappa shape index (κ2) is 9.45. The molecule has 9 heteroatoms. The molecule has 0 saturated carbocycles. The van der Waals surface area contributed by atoms with E-state index in [2.05, 4.69) is 15.6 Å². The van der Waals surface area contributed by atoms with Gasteiger partial charge in [-0.2, -0.15) is 0 Å². The molecule has 0 aliphatic heterocycles. The Labute approximate surface area is 193 Å². The summed E-state index contributed by atoms with van der Waals surface area (Å²) < 4.78 is 13.9. The van der Waals surface area contributed by atoms with Gasteiger partial charge in [-0.15, -0.1) is 0 Å². The van der Waals surface area contributed by atoms with Crippen LogP contribution in [0.1, 0.15) is 21.5 Å². The van der Waals surface area contributed by atoms with Gasteiger partial charge in [-0.3, -0.25) is 14.6 Å². The molecule has 0 fully saturated rings. The van der Waals surface area contributed by atoms with Crippen LogP contribution in [0.15, 0.2) is 82.4 Å². The Morgan fingerprint density at radius 2 is 1.68 bits per heavy atom. The summed E-state index contributed by atoms with van der Waals surface area (Å²) in [6.07, 6.45) is 0. The van der Waals surface area contributed by atoms with Crippen LogP contribution in [0.3, 0.4) is 0 Å². The third kappa shape index (κ3) is 4.73. The summed E-state index contributed by atoms with van der Waals surface area (Å²) in [5.74, 6) is -1.60. The van der Waals surface area contributed by atoms with Crippen molar-refractivity contribution in [1.82, 2.24) is 15.0 Å². The molecule has 0 saturated heterocycles. The predicted octanol–water partition coefficient (Wildman–Crippen LogP) is 3.56. The molecule has 0 atom stereocenters. The molecule has 0 spiro atoms. The van der Waals surface area contributed by atoms with Crippen molar-refractivity contribution < 1.29 is 14.4 Å². The lowest BCUT2D eigenvalue weighted by molar-refractivity contribution is 0.0940. The topological polar surface area (TPSA) is 116 Å². The smallest absolute Gasteiger partial charge is 0.363 e. The molecule has 4 rings (SSSR count). The van der Waals surface area contributed by atoms with E-state index in [1.54, 1.807) is 25.1 Å². The van der Waals surface area contributed by atoms with E-state index in [1.165, 1.54) is 12.1 Å². The molecule has 0 bridgehead atoms. The minimum absolute atomic E-state index is 0.189. The van der Waals surface area contributed by atoms with E-state index >= 15 is 0 Å². The second-order valence-corrected chi connectivity index (χ2v) is 7.64. The lowest BCUT2D eigenvalue weighted by Gasteiger charge is -2.13. The molecule has 0 aliphatic carbocycles. The first-order valence-corrected chi connectivity index (χ1v) is 10.4. The first kappa shape index (κ1) is 22.5. The van der Waals surface area contributed by atoms with Gasteiger partial charge in [0.15, 0.2) is 0 Å². The standard InChI is InChI=1S/C25H21FN4O4/c1-15-7-8-18(20(26)13-15)14-27-23(31)21-22(29-25(33)30(34)24(21)32)28-19-11-9-17(10-12-19)16-5-3-2-4-6-16/h2-13,28,34H,14H2,1H3,(H,27,31)(H,29,33). The number of aromatic nitrogens is 2. The number of carbonyl (C=O) groups excluding carboxylic acids is 1. The highest BCUT2D eigenvalue weighted by Gasteiger charge is 2.21. The molecule has 3 aromatic carbocycles. The maximum atomic E-state index is 14.1. The Morgan fingerprint density at radius 1 is 1.00 bits per heavy atom. The van der Waals surface area contributed by atoms with Crippen LogP contribution >= 0.6 is 0 Å². The first-order chi connectivity index (χ1) is 16.3. The molecule has 1 amide bonds. The van der Waals surface area contributed by atoms with Crippen molar-refractivity contribution in [2.75, 3.05) is 5.32 Å². The normalized spacial score (nSPS) is 10.6. The highest BCUT2D eigenvalue weighted by molar-refractivity contribution is 5.99. The maximum absolute atomic E-state index is 14.1. The van der Waals surface area contributed by atoms with Crippen LogP contribution in [0.4, 0.5) is 15.9 Å². The molecule has 1 aromatic heterocycles. The fourth-order valence-electron chi connectivity index (χ4n) is 3.41. The Kier molecular flexibility index (Phi) is 6.26. The quantitative estimate of drug-likeness (QED) is 0.328. The first-order valence-electron chi connectivity index (χ1n) is 10.4. The van der Waals surface area contributed by atoms with Crippen molar-refractivity contribution in [2.45, 2.75) is 13.5 Å². The molecule has 4 aromatic rings. The Hall–Kier alpha value is -4.66. The van der Waals surface area contributed by atoms with Gasteiger partial charge >= 0.3 is 11.2 Å². The van der Waals surface area contributed by atoms with E-state index in [0.29, 0.717) is 5.69 Å². The molecule has 8 nitrogen and oxygen atoms in total. The Bertz CT molecular complexity index is 1460. The van der Waals surface area contributed by atoms with Crippen LogP contribution in [-0.4, -0.2) is 20.8 Å². The van der Waals surface area contributed by atoms with Gasteiger partial charge in [-0.25, -0.2) is 9.18 Å².